The number of carbonyl (C=O) groups excluding carboxylic acids is 1. The summed E-state index contributed by atoms with van der Waals surface area (Å²) in [5.74, 6) is -0.0245. The molecule has 0 saturated carbocycles. The van der Waals surface area contributed by atoms with E-state index in [0.717, 1.165) is 23.9 Å². The molecule has 2 aromatic rings. The molecule has 0 aliphatic heterocycles. The van der Waals surface area contributed by atoms with E-state index in [1.54, 1.807) is 6.33 Å². The van der Waals surface area contributed by atoms with Crippen LogP contribution in [0.15, 0.2) is 24.5 Å². The normalized spacial score (nSPS) is 12.6. The fourth-order valence-electron chi connectivity index (χ4n) is 2.09. The summed E-state index contributed by atoms with van der Waals surface area (Å²) in [7, 11) is 1.94. The van der Waals surface area contributed by atoms with Crippen LogP contribution in [-0.4, -0.2) is 21.5 Å². The average molecular weight is 245 g/mol. The third-order valence-corrected chi connectivity index (χ3v) is 3.09. The van der Waals surface area contributed by atoms with Crippen molar-refractivity contribution in [3.8, 4) is 0 Å². The van der Waals surface area contributed by atoms with Crippen LogP contribution in [0.3, 0.4) is 0 Å². The molecular formula is C14H19N3O. The van der Waals surface area contributed by atoms with E-state index < -0.39 is 0 Å². The van der Waals surface area contributed by atoms with Crippen molar-refractivity contribution in [2.75, 3.05) is 0 Å². The summed E-state index contributed by atoms with van der Waals surface area (Å²) >= 11 is 0. The van der Waals surface area contributed by atoms with Gasteiger partial charge >= 0.3 is 0 Å². The molecule has 1 aromatic carbocycles. The minimum atomic E-state index is -0.0245. The Morgan fingerprint density at radius 1 is 1.50 bits per heavy atom. The zero-order valence-electron chi connectivity index (χ0n) is 11.1. The lowest BCUT2D eigenvalue weighted by atomic mass is 10.1. The van der Waals surface area contributed by atoms with Crippen LogP contribution in [0.5, 0.6) is 0 Å². The third kappa shape index (κ3) is 2.53. The van der Waals surface area contributed by atoms with E-state index in [9.17, 15) is 4.79 Å². The molecule has 0 radical (unpaired) electrons. The van der Waals surface area contributed by atoms with Gasteiger partial charge in [-0.05, 0) is 31.5 Å². The van der Waals surface area contributed by atoms with Gasteiger partial charge in [0.1, 0.15) is 0 Å². The number of aryl methyl sites for hydroxylation is 1. The van der Waals surface area contributed by atoms with Gasteiger partial charge in [-0.1, -0.05) is 13.3 Å². The molecule has 0 saturated heterocycles. The first-order valence-corrected chi connectivity index (χ1v) is 6.33. The van der Waals surface area contributed by atoms with E-state index in [4.69, 9.17) is 0 Å². The number of rotatable bonds is 4. The molecule has 1 N–H and O–H groups in total. The monoisotopic (exact) mass is 245 g/mol. The quantitative estimate of drug-likeness (QED) is 0.899. The average Bonchev–Trinajstić information content (AvgIpc) is 2.71. The van der Waals surface area contributed by atoms with Crippen LogP contribution in [0.25, 0.3) is 11.0 Å². The summed E-state index contributed by atoms with van der Waals surface area (Å²) in [4.78, 5) is 16.3. The van der Waals surface area contributed by atoms with Gasteiger partial charge < -0.3 is 9.88 Å². The summed E-state index contributed by atoms with van der Waals surface area (Å²) in [6.45, 7) is 4.14. The van der Waals surface area contributed by atoms with Gasteiger partial charge in [-0.3, -0.25) is 4.79 Å². The van der Waals surface area contributed by atoms with Crippen LogP contribution in [0.1, 0.15) is 37.0 Å². The Morgan fingerprint density at radius 2 is 2.28 bits per heavy atom. The third-order valence-electron chi connectivity index (χ3n) is 3.09. The number of nitrogens with one attached hydrogen (secondary N) is 1. The molecule has 1 aromatic heterocycles. The summed E-state index contributed by atoms with van der Waals surface area (Å²) in [6, 6.07) is 5.82. The van der Waals surface area contributed by atoms with Crippen molar-refractivity contribution in [2.24, 2.45) is 7.05 Å². The van der Waals surface area contributed by atoms with Crippen LogP contribution in [0.2, 0.25) is 0 Å². The van der Waals surface area contributed by atoms with Crippen LogP contribution in [0.4, 0.5) is 0 Å². The minimum absolute atomic E-state index is 0.0245. The fourth-order valence-corrected chi connectivity index (χ4v) is 2.09. The van der Waals surface area contributed by atoms with Crippen LogP contribution < -0.4 is 5.32 Å². The Hall–Kier alpha value is -1.84. The molecule has 96 valence electrons. The highest BCUT2D eigenvalue weighted by Gasteiger charge is 2.10. The minimum Gasteiger partial charge on any atom is -0.350 e. The summed E-state index contributed by atoms with van der Waals surface area (Å²) < 4.78 is 1.94. The lowest BCUT2D eigenvalue weighted by Crippen LogP contribution is -2.32. The Morgan fingerprint density at radius 3 is 3.00 bits per heavy atom. The van der Waals surface area contributed by atoms with Gasteiger partial charge in [0.25, 0.3) is 5.91 Å². The van der Waals surface area contributed by atoms with Gasteiger partial charge in [0.05, 0.1) is 17.4 Å². The van der Waals surface area contributed by atoms with Crippen LogP contribution >= 0.6 is 0 Å². The largest absolute Gasteiger partial charge is 0.350 e. The van der Waals surface area contributed by atoms with Gasteiger partial charge in [0, 0.05) is 18.7 Å². The van der Waals surface area contributed by atoms with Gasteiger partial charge in [-0.25, -0.2) is 4.98 Å². The Kier molecular flexibility index (Phi) is 3.65. The molecule has 0 bridgehead atoms. The standard InChI is InChI=1S/C14H19N3O/c1-4-5-10(2)16-14(18)11-6-7-13-12(8-11)15-9-17(13)3/h6-10H,4-5H2,1-3H3,(H,16,18)/t10-/m1/s1. The first-order valence-electron chi connectivity index (χ1n) is 6.33. The molecule has 0 aliphatic rings. The molecular weight excluding hydrogens is 226 g/mol. The smallest absolute Gasteiger partial charge is 0.251 e. The number of aromatic nitrogens is 2. The second-order valence-corrected chi connectivity index (χ2v) is 4.72. The van der Waals surface area contributed by atoms with Crippen LogP contribution in [-0.2, 0) is 7.05 Å². The molecule has 4 nitrogen and oxygen atoms in total. The Bertz CT molecular complexity index is 559. The molecule has 0 fully saturated rings. The lowest BCUT2D eigenvalue weighted by molar-refractivity contribution is 0.0938. The van der Waals surface area contributed by atoms with Crippen molar-refractivity contribution in [1.82, 2.24) is 14.9 Å². The van der Waals surface area contributed by atoms with Gasteiger partial charge in [0.15, 0.2) is 0 Å². The topological polar surface area (TPSA) is 46.9 Å². The zero-order chi connectivity index (χ0) is 13.1. The van der Waals surface area contributed by atoms with Crippen molar-refractivity contribution < 1.29 is 4.79 Å². The number of benzene rings is 1. The number of fused-ring (bicyclic) bond motifs is 1. The molecule has 1 heterocycles. The predicted molar refractivity (Wildman–Crippen MR) is 72.6 cm³/mol. The number of amides is 1. The SMILES string of the molecule is CCC[C@@H](C)NC(=O)c1ccc2c(c1)ncn2C. The summed E-state index contributed by atoms with van der Waals surface area (Å²) in [5.41, 5.74) is 2.56. The number of hydrogen-bond acceptors (Lipinski definition) is 2. The number of carbonyl (C=O) groups is 1. The maximum absolute atomic E-state index is 12.0. The maximum Gasteiger partial charge on any atom is 0.251 e. The zero-order valence-corrected chi connectivity index (χ0v) is 11.1. The molecule has 0 aliphatic carbocycles. The van der Waals surface area contributed by atoms with Gasteiger partial charge in [0.2, 0.25) is 0 Å². The van der Waals surface area contributed by atoms with E-state index >= 15 is 0 Å². The molecule has 2 rings (SSSR count). The summed E-state index contributed by atoms with van der Waals surface area (Å²) in [5, 5.41) is 3.00. The second kappa shape index (κ2) is 5.21. The van der Waals surface area contributed by atoms with Crippen LogP contribution in [0, 0.1) is 0 Å². The van der Waals surface area contributed by atoms with Crippen molar-refractivity contribution in [3.63, 3.8) is 0 Å². The van der Waals surface area contributed by atoms with Crippen molar-refractivity contribution in [3.05, 3.63) is 30.1 Å². The molecule has 1 atom stereocenters. The lowest BCUT2D eigenvalue weighted by Gasteiger charge is -2.12. The highest BCUT2D eigenvalue weighted by atomic mass is 16.1. The van der Waals surface area contributed by atoms with E-state index in [1.165, 1.54) is 0 Å². The first kappa shape index (κ1) is 12.6. The Balaban J connectivity index is 2.18. The Labute approximate surface area is 107 Å². The molecule has 4 heteroatoms. The van der Waals surface area contributed by atoms with Crippen molar-refractivity contribution >= 4 is 16.9 Å². The number of hydrogen-bond donors (Lipinski definition) is 1. The highest BCUT2D eigenvalue weighted by molar-refractivity contribution is 5.97. The highest BCUT2D eigenvalue weighted by Crippen LogP contribution is 2.14. The van der Waals surface area contributed by atoms with E-state index in [-0.39, 0.29) is 11.9 Å². The predicted octanol–water partition coefficient (Wildman–Crippen LogP) is 2.49. The van der Waals surface area contributed by atoms with Crippen molar-refractivity contribution in [1.29, 1.82) is 0 Å². The number of nitrogens with zero attached hydrogens (tertiary/aromatic N) is 2. The molecule has 0 unspecified atom stereocenters. The van der Waals surface area contributed by atoms with Gasteiger partial charge in [-0.2, -0.15) is 0 Å². The maximum atomic E-state index is 12.0. The number of imidazole rings is 1. The molecule has 1 amide bonds. The first-order chi connectivity index (χ1) is 8.61. The van der Waals surface area contributed by atoms with Crippen molar-refractivity contribution in [2.45, 2.75) is 32.7 Å². The van der Waals surface area contributed by atoms with E-state index in [0.29, 0.717) is 5.56 Å². The summed E-state index contributed by atoms with van der Waals surface area (Å²) in [6.07, 6.45) is 3.82. The molecule has 0 spiro atoms. The van der Waals surface area contributed by atoms with E-state index in [2.05, 4.69) is 17.2 Å². The fraction of sp³-hybridized carbons (Fsp3) is 0.429. The van der Waals surface area contributed by atoms with Gasteiger partial charge in [-0.15, -0.1) is 0 Å². The second-order valence-electron chi connectivity index (χ2n) is 4.72. The molecule has 18 heavy (non-hydrogen) atoms. The van der Waals surface area contributed by atoms with E-state index in [1.807, 2.05) is 36.7 Å².